The smallest absolute Gasteiger partial charge is 0.338 e. The molecule has 7 nitrogen and oxygen atoms in total. The molecule has 182 valence electrons. The van der Waals surface area contributed by atoms with Crippen molar-refractivity contribution in [1.29, 1.82) is 0 Å². The van der Waals surface area contributed by atoms with Gasteiger partial charge < -0.3 is 14.8 Å². The summed E-state index contributed by atoms with van der Waals surface area (Å²) in [5.41, 5.74) is 2.77. The number of hydrogen-bond donors (Lipinski definition) is 1. The van der Waals surface area contributed by atoms with Gasteiger partial charge >= 0.3 is 5.97 Å². The number of allylic oxidation sites excluding steroid dienone is 1. The van der Waals surface area contributed by atoms with Crippen molar-refractivity contribution >= 4 is 35.1 Å². The van der Waals surface area contributed by atoms with E-state index in [1.54, 1.807) is 16.8 Å². The van der Waals surface area contributed by atoms with Gasteiger partial charge in [0.2, 0.25) is 5.95 Å². The average molecular weight is 513 g/mol. The van der Waals surface area contributed by atoms with Crippen LogP contribution in [0.4, 0.5) is 5.95 Å². The van der Waals surface area contributed by atoms with Crippen LogP contribution in [-0.2, 0) is 16.1 Å². The second kappa shape index (κ2) is 10.3. The molecule has 2 aromatic carbocycles. The summed E-state index contributed by atoms with van der Waals surface area (Å²) < 4.78 is 13.9. The highest BCUT2D eigenvalue weighted by molar-refractivity contribution is 6.35. The zero-order valence-corrected chi connectivity index (χ0v) is 20.9. The summed E-state index contributed by atoms with van der Waals surface area (Å²) in [6.45, 7) is 2.10. The maximum Gasteiger partial charge on any atom is 0.338 e. The SMILES string of the molecule is CC1=C(C(=O)OC2CCCCC2)C(c2ccccc2OCc2ccc(Cl)cc2Cl)n2ncnc2N1. The number of ether oxygens (including phenoxy) is 2. The van der Waals surface area contributed by atoms with Crippen LogP contribution in [0.2, 0.25) is 10.0 Å². The van der Waals surface area contributed by atoms with Gasteiger partial charge in [-0.25, -0.2) is 9.48 Å². The van der Waals surface area contributed by atoms with E-state index >= 15 is 0 Å². The molecule has 9 heteroatoms. The van der Waals surface area contributed by atoms with Gasteiger partial charge in [0.25, 0.3) is 0 Å². The minimum Gasteiger partial charge on any atom is -0.488 e. The third kappa shape index (κ3) is 5.02. The molecule has 0 spiro atoms. The molecule has 1 aliphatic carbocycles. The van der Waals surface area contributed by atoms with Crippen LogP contribution in [0.1, 0.15) is 56.2 Å². The quantitative estimate of drug-likeness (QED) is 0.388. The molecular weight excluding hydrogens is 487 g/mol. The van der Waals surface area contributed by atoms with Gasteiger partial charge in [-0.15, -0.1) is 0 Å². The third-order valence-electron chi connectivity index (χ3n) is 6.45. The Bertz CT molecular complexity index is 1270. The number of benzene rings is 2. The molecule has 1 atom stereocenters. The van der Waals surface area contributed by atoms with Gasteiger partial charge in [-0.3, -0.25) is 0 Å². The first-order valence-electron chi connectivity index (χ1n) is 11.7. The summed E-state index contributed by atoms with van der Waals surface area (Å²) in [5.74, 6) is 0.823. The lowest BCUT2D eigenvalue weighted by Crippen LogP contribution is -2.32. The van der Waals surface area contributed by atoms with E-state index in [1.165, 1.54) is 12.7 Å². The summed E-state index contributed by atoms with van der Waals surface area (Å²) >= 11 is 12.4. The molecule has 2 aliphatic rings. The Morgan fingerprint density at radius 3 is 2.74 bits per heavy atom. The third-order valence-corrected chi connectivity index (χ3v) is 7.04. The Labute approximate surface area is 214 Å². The van der Waals surface area contributed by atoms with Gasteiger partial charge in [-0.05, 0) is 50.8 Å². The second-order valence-corrected chi connectivity index (χ2v) is 9.67. The molecular formula is C26H26Cl2N4O3. The lowest BCUT2D eigenvalue weighted by Gasteiger charge is -2.31. The van der Waals surface area contributed by atoms with Crippen molar-refractivity contribution in [3.05, 3.63) is 81.2 Å². The molecule has 35 heavy (non-hydrogen) atoms. The van der Waals surface area contributed by atoms with Crippen molar-refractivity contribution < 1.29 is 14.3 Å². The van der Waals surface area contributed by atoms with E-state index in [0.29, 0.717) is 33.0 Å². The predicted octanol–water partition coefficient (Wildman–Crippen LogP) is 6.33. The molecule has 1 fully saturated rings. The number of hydrogen-bond acceptors (Lipinski definition) is 6. The fraction of sp³-hybridized carbons (Fsp3) is 0.346. The second-order valence-electron chi connectivity index (χ2n) is 8.82. The number of anilines is 1. The predicted molar refractivity (Wildman–Crippen MR) is 135 cm³/mol. The van der Waals surface area contributed by atoms with Crippen molar-refractivity contribution in [3.8, 4) is 5.75 Å². The highest BCUT2D eigenvalue weighted by Gasteiger charge is 2.37. The number of halogens is 2. The topological polar surface area (TPSA) is 78.3 Å². The average Bonchev–Trinajstić information content (AvgIpc) is 3.31. The zero-order valence-electron chi connectivity index (χ0n) is 19.3. The molecule has 5 rings (SSSR count). The van der Waals surface area contributed by atoms with Crippen LogP contribution in [0.3, 0.4) is 0 Å². The largest absolute Gasteiger partial charge is 0.488 e. The number of nitrogens with one attached hydrogen (secondary N) is 1. The van der Waals surface area contributed by atoms with Gasteiger partial charge in [0.1, 0.15) is 30.8 Å². The molecule has 0 amide bonds. The van der Waals surface area contributed by atoms with Crippen LogP contribution >= 0.6 is 23.2 Å². The van der Waals surface area contributed by atoms with Crippen LogP contribution in [0.15, 0.2) is 60.1 Å². The minimum absolute atomic E-state index is 0.0621. The molecule has 3 aromatic rings. The Kier molecular flexibility index (Phi) is 6.97. The van der Waals surface area contributed by atoms with Crippen molar-refractivity contribution in [1.82, 2.24) is 14.8 Å². The van der Waals surface area contributed by atoms with Crippen molar-refractivity contribution in [2.24, 2.45) is 0 Å². The van der Waals surface area contributed by atoms with Crippen molar-refractivity contribution in [2.45, 2.75) is 57.8 Å². The van der Waals surface area contributed by atoms with Gasteiger partial charge in [0.05, 0.1) is 5.57 Å². The number of aromatic nitrogens is 3. The normalized spacial score (nSPS) is 18.1. The molecule has 1 saturated carbocycles. The number of esters is 1. The fourth-order valence-electron chi connectivity index (χ4n) is 4.67. The molecule has 2 heterocycles. The number of carbonyl (C=O) groups is 1. The molecule has 0 bridgehead atoms. The summed E-state index contributed by atoms with van der Waals surface area (Å²) in [5, 5.41) is 8.71. The molecule has 0 saturated heterocycles. The lowest BCUT2D eigenvalue weighted by atomic mass is 9.94. The summed E-state index contributed by atoms with van der Waals surface area (Å²) in [6, 6.07) is 12.4. The maximum atomic E-state index is 13.5. The first kappa shape index (κ1) is 23.7. The van der Waals surface area contributed by atoms with Crippen LogP contribution in [0.25, 0.3) is 0 Å². The molecule has 1 aliphatic heterocycles. The van der Waals surface area contributed by atoms with Gasteiger partial charge in [0.15, 0.2) is 0 Å². The highest BCUT2D eigenvalue weighted by Crippen LogP contribution is 2.40. The Morgan fingerprint density at radius 2 is 1.94 bits per heavy atom. The van der Waals surface area contributed by atoms with Crippen molar-refractivity contribution in [2.75, 3.05) is 5.32 Å². The number of rotatable bonds is 6. The monoisotopic (exact) mass is 512 g/mol. The van der Waals surface area contributed by atoms with E-state index < -0.39 is 6.04 Å². The lowest BCUT2D eigenvalue weighted by molar-refractivity contribution is -0.146. The van der Waals surface area contributed by atoms with Gasteiger partial charge in [-0.1, -0.05) is 53.9 Å². The summed E-state index contributed by atoms with van der Waals surface area (Å²) in [4.78, 5) is 17.8. The minimum atomic E-state index is -0.554. The summed E-state index contributed by atoms with van der Waals surface area (Å²) in [6.07, 6.45) is 6.54. The van der Waals surface area contributed by atoms with Crippen LogP contribution in [-0.4, -0.2) is 26.8 Å². The fourth-order valence-corrected chi connectivity index (χ4v) is 5.14. The van der Waals surface area contributed by atoms with Crippen molar-refractivity contribution in [3.63, 3.8) is 0 Å². The van der Waals surface area contributed by atoms with Crippen LogP contribution < -0.4 is 10.1 Å². The van der Waals surface area contributed by atoms with Gasteiger partial charge in [-0.2, -0.15) is 10.1 Å². The zero-order chi connectivity index (χ0) is 24.4. The Hall–Kier alpha value is -3.03. The number of para-hydroxylation sites is 1. The first-order valence-corrected chi connectivity index (χ1v) is 12.5. The molecule has 1 N–H and O–H groups in total. The molecule has 1 unspecified atom stereocenters. The summed E-state index contributed by atoms with van der Waals surface area (Å²) in [7, 11) is 0. The van der Waals surface area contributed by atoms with E-state index in [9.17, 15) is 4.79 Å². The number of carbonyl (C=O) groups excluding carboxylic acids is 1. The van der Waals surface area contributed by atoms with E-state index in [2.05, 4.69) is 15.4 Å². The van der Waals surface area contributed by atoms with Gasteiger partial charge in [0, 0.05) is 26.9 Å². The number of fused-ring (bicyclic) bond motifs is 1. The highest BCUT2D eigenvalue weighted by atomic mass is 35.5. The van der Waals surface area contributed by atoms with E-state index in [1.807, 2.05) is 37.3 Å². The van der Waals surface area contributed by atoms with E-state index in [4.69, 9.17) is 32.7 Å². The maximum absolute atomic E-state index is 13.5. The standard InChI is InChI=1S/C26H26Cl2N4O3/c1-16-23(25(33)35-19-7-3-2-4-8-19)24(32-26(31-16)29-15-30-32)20-9-5-6-10-22(20)34-14-17-11-12-18(27)13-21(17)28/h5-6,9-13,15,19,24H,2-4,7-8,14H2,1H3,(H,29,30,31). The van der Waals surface area contributed by atoms with E-state index in [-0.39, 0.29) is 18.7 Å². The van der Waals surface area contributed by atoms with Crippen LogP contribution in [0.5, 0.6) is 5.75 Å². The van der Waals surface area contributed by atoms with E-state index in [0.717, 1.165) is 36.8 Å². The molecule has 1 aromatic heterocycles. The Morgan fingerprint density at radius 1 is 1.14 bits per heavy atom. The Balaban J connectivity index is 1.48. The first-order chi connectivity index (χ1) is 17.0. The number of nitrogens with zero attached hydrogens (tertiary/aromatic N) is 3. The molecule has 0 radical (unpaired) electrons. The van der Waals surface area contributed by atoms with Crippen LogP contribution in [0, 0.1) is 0 Å².